The predicted molar refractivity (Wildman–Crippen MR) is 155 cm³/mol. The zero-order valence-corrected chi connectivity index (χ0v) is 24.6. The monoisotopic (exact) mass is 588 g/mol. The Labute approximate surface area is 242 Å². The van der Waals surface area contributed by atoms with E-state index in [1.54, 1.807) is 36.4 Å². The predicted octanol–water partition coefficient (Wildman–Crippen LogP) is 3.13. The van der Waals surface area contributed by atoms with E-state index in [4.69, 9.17) is 19.9 Å². The fourth-order valence-electron chi connectivity index (χ4n) is 5.11. The second-order valence-electron chi connectivity index (χ2n) is 10.5. The number of ketones is 1. The number of Topliss-reactive ketones (excluding diaryl/α,β-unsaturated/α-hetero) is 1. The Kier molecular flexibility index (Phi) is 11.5. The number of alkyl carbamates (subject to hydrolysis) is 1. The van der Waals surface area contributed by atoms with Crippen LogP contribution >= 0.6 is 0 Å². The first-order valence-electron chi connectivity index (χ1n) is 13.7. The van der Waals surface area contributed by atoms with Crippen LogP contribution in [0.3, 0.4) is 0 Å². The minimum absolute atomic E-state index is 0.0174. The van der Waals surface area contributed by atoms with Gasteiger partial charge < -0.3 is 29.8 Å². The van der Waals surface area contributed by atoms with Crippen LogP contribution in [-0.4, -0.2) is 62.4 Å². The Morgan fingerprint density at radius 2 is 1.85 bits per heavy atom. The van der Waals surface area contributed by atoms with Crippen molar-refractivity contribution in [3.05, 3.63) is 65.7 Å². The molecule has 1 fully saturated rings. The molecule has 1 amide bonds. The van der Waals surface area contributed by atoms with Crippen LogP contribution in [-0.2, 0) is 36.6 Å². The quantitative estimate of drug-likeness (QED) is 0.223. The zero-order valence-electron chi connectivity index (χ0n) is 23.8. The van der Waals surface area contributed by atoms with Gasteiger partial charge in [0.15, 0.2) is 5.60 Å². The summed E-state index contributed by atoms with van der Waals surface area (Å²) >= 11 is 0. The zero-order chi connectivity index (χ0) is 30.0. The molecule has 1 heterocycles. The summed E-state index contributed by atoms with van der Waals surface area (Å²) in [6.45, 7) is 4.04. The normalized spacial score (nSPS) is 18.4. The number of amides is 1. The van der Waals surface area contributed by atoms with Crippen molar-refractivity contribution in [3.8, 4) is 5.75 Å². The van der Waals surface area contributed by atoms with Crippen molar-refractivity contribution in [1.82, 2.24) is 5.32 Å². The lowest BCUT2D eigenvalue weighted by molar-refractivity contribution is -0.117. The molecular formula is C30H40N2O8S. The second kappa shape index (κ2) is 14.6. The van der Waals surface area contributed by atoms with Gasteiger partial charge in [0, 0.05) is 19.3 Å². The highest BCUT2D eigenvalue weighted by Gasteiger charge is 2.55. The van der Waals surface area contributed by atoms with Gasteiger partial charge in [0.1, 0.15) is 23.3 Å². The number of methoxy groups -OCH3 is 1. The van der Waals surface area contributed by atoms with Gasteiger partial charge in [0.05, 0.1) is 25.2 Å². The summed E-state index contributed by atoms with van der Waals surface area (Å²) in [6, 6.07) is 15.1. The summed E-state index contributed by atoms with van der Waals surface area (Å²) in [5, 5.41) is 15.4. The Morgan fingerprint density at radius 1 is 1.17 bits per heavy atom. The number of ether oxygens (including phenoxy) is 3. The first kappa shape index (κ1) is 32.3. The number of carbonyl (C=O) groups is 2. The van der Waals surface area contributed by atoms with Crippen LogP contribution in [0.1, 0.15) is 57.1 Å². The van der Waals surface area contributed by atoms with Gasteiger partial charge in [0.25, 0.3) is 0 Å². The highest BCUT2D eigenvalue weighted by molar-refractivity contribution is 7.73. The number of hydrogen-bond donors (Lipinski definition) is 3. The van der Waals surface area contributed by atoms with E-state index >= 15 is 0 Å². The number of hydrogen-bond acceptors (Lipinski definition) is 9. The average Bonchev–Trinajstić information content (AvgIpc) is 3.45. The minimum Gasteiger partial charge on any atom is -0.497 e. The molecule has 2 aromatic carbocycles. The third kappa shape index (κ3) is 8.16. The molecule has 0 aliphatic carbocycles. The second-order valence-corrected chi connectivity index (χ2v) is 11.4. The van der Waals surface area contributed by atoms with Gasteiger partial charge in [-0.2, -0.15) is 8.42 Å². The SMILES string of the molecule is CCC(CCC(C)=O)CC(=S(=O)=O)C(O)(c1ccc(OC)cc1)C(N)(Cc1ccccc1)NC(=O)OC1CCOC1. The molecule has 10 nitrogen and oxygen atoms in total. The van der Waals surface area contributed by atoms with Crippen LogP contribution in [0, 0.1) is 5.92 Å². The van der Waals surface area contributed by atoms with Gasteiger partial charge in [-0.25, -0.2) is 4.79 Å². The molecule has 11 heteroatoms. The van der Waals surface area contributed by atoms with E-state index < -0.39 is 33.8 Å². The highest BCUT2D eigenvalue weighted by Crippen LogP contribution is 2.38. The van der Waals surface area contributed by atoms with Crippen molar-refractivity contribution in [1.29, 1.82) is 0 Å². The van der Waals surface area contributed by atoms with Crippen molar-refractivity contribution in [3.63, 3.8) is 0 Å². The van der Waals surface area contributed by atoms with Crippen LogP contribution in [0.15, 0.2) is 54.6 Å². The molecule has 1 saturated heterocycles. The van der Waals surface area contributed by atoms with Gasteiger partial charge in [-0.15, -0.1) is 0 Å². The number of nitrogens with two attached hydrogens (primary N) is 1. The number of benzene rings is 2. The maximum Gasteiger partial charge on any atom is 0.409 e. The van der Waals surface area contributed by atoms with Gasteiger partial charge in [-0.1, -0.05) is 55.8 Å². The summed E-state index contributed by atoms with van der Waals surface area (Å²) in [4.78, 5) is 24.6. The van der Waals surface area contributed by atoms with Gasteiger partial charge >= 0.3 is 6.09 Å². The molecule has 4 unspecified atom stereocenters. The molecule has 2 aromatic rings. The number of rotatable bonds is 14. The van der Waals surface area contributed by atoms with Crippen molar-refractivity contribution < 1.29 is 37.3 Å². The van der Waals surface area contributed by atoms with Crippen molar-refractivity contribution in [2.45, 2.75) is 69.7 Å². The van der Waals surface area contributed by atoms with Crippen LogP contribution in [0.5, 0.6) is 5.75 Å². The van der Waals surface area contributed by atoms with E-state index in [-0.39, 0.29) is 48.0 Å². The highest BCUT2D eigenvalue weighted by atomic mass is 32.2. The first-order chi connectivity index (χ1) is 19.5. The Morgan fingerprint density at radius 3 is 2.39 bits per heavy atom. The maximum atomic E-state index is 13.2. The van der Waals surface area contributed by atoms with E-state index in [1.807, 2.05) is 13.0 Å². The number of nitrogens with one attached hydrogen (secondary N) is 1. The molecule has 41 heavy (non-hydrogen) atoms. The van der Waals surface area contributed by atoms with Gasteiger partial charge in [0.2, 0.25) is 10.3 Å². The third-order valence-electron chi connectivity index (χ3n) is 7.53. The molecule has 4 N–H and O–H groups in total. The Hall–Kier alpha value is -3.25. The summed E-state index contributed by atoms with van der Waals surface area (Å²) in [6.07, 6.45) is 0.121. The largest absolute Gasteiger partial charge is 0.497 e. The fourth-order valence-corrected chi connectivity index (χ4v) is 6.02. The van der Waals surface area contributed by atoms with E-state index in [1.165, 1.54) is 26.2 Å². The van der Waals surface area contributed by atoms with E-state index in [0.29, 0.717) is 37.2 Å². The van der Waals surface area contributed by atoms with Crippen LogP contribution in [0.4, 0.5) is 4.79 Å². The van der Waals surface area contributed by atoms with E-state index in [2.05, 4.69) is 5.32 Å². The van der Waals surface area contributed by atoms with Crippen molar-refractivity contribution >= 4 is 27.0 Å². The summed E-state index contributed by atoms with van der Waals surface area (Å²) in [7, 11) is -1.45. The lowest BCUT2D eigenvalue weighted by atomic mass is 9.73. The van der Waals surface area contributed by atoms with E-state index in [9.17, 15) is 23.1 Å². The molecule has 0 bridgehead atoms. The van der Waals surface area contributed by atoms with Gasteiger partial charge in [-0.05, 0) is 48.9 Å². The topological polar surface area (TPSA) is 154 Å². The average molecular weight is 589 g/mol. The van der Waals surface area contributed by atoms with Crippen LogP contribution < -0.4 is 15.8 Å². The van der Waals surface area contributed by atoms with Crippen LogP contribution in [0.2, 0.25) is 0 Å². The third-order valence-corrected chi connectivity index (χ3v) is 8.39. The summed E-state index contributed by atoms with van der Waals surface area (Å²) in [5.41, 5.74) is 3.27. The van der Waals surface area contributed by atoms with Gasteiger partial charge in [-0.3, -0.25) is 5.32 Å². The molecule has 1 aliphatic rings. The van der Waals surface area contributed by atoms with Crippen molar-refractivity contribution in [2.75, 3.05) is 20.3 Å². The molecule has 0 saturated carbocycles. The molecular weight excluding hydrogens is 548 g/mol. The lowest BCUT2D eigenvalue weighted by Gasteiger charge is -2.46. The smallest absolute Gasteiger partial charge is 0.409 e. The molecule has 0 radical (unpaired) electrons. The molecule has 4 atom stereocenters. The van der Waals surface area contributed by atoms with E-state index in [0.717, 1.165) is 0 Å². The number of aliphatic hydroxyl groups is 1. The molecule has 224 valence electrons. The van der Waals surface area contributed by atoms with Crippen LogP contribution in [0.25, 0.3) is 0 Å². The number of carbonyl (C=O) groups excluding carboxylic acids is 2. The maximum absolute atomic E-state index is 13.2. The molecule has 0 spiro atoms. The molecule has 0 aromatic heterocycles. The lowest BCUT2D eigenvalue weighted by Crippen LogP contribution is -2.72. The summed E-state index contributed by atoms with van der Waals surface area (Å²) in [5.74, 6) is 0.212. The fraction of sp³-hybridized carbons (Fsp3) is 0.500. The minimum atomic E-state index is -2.93. The summed E-state index contributed by atoms with van der Waals surface area (Å²) < 4.78 is 42.1. The standard InChI is InChI=1S/C30H40N2O8S/c1-4-22(11-10-21(2)33)18-27(41(36)37)30(35,24-12-14-25(38-3)15-13-24)29(31,19-23-8-6-5-7-9-23)32-28(34)40-26-16-17-39-20-26/h5-9,12-15,22,26,35H,4,10-11,16-20,31H2,1-3H3,(H,32,34). The molecule has 1 aliphatic heterocycles. The first-order valence-corrected chi connectivity index (χ1v) is 14.8. The Balaban J connectivity index is 2.18. The van der Waals surface area contributed by atoms with Crippen molar-refractivity contribution in [2.24, 2.45) is 11.7 Å². The molecule has 3 rings (SSSR count). The Bertz CT molecular complexity index is 1300.